The van der Waals surface area contributed by atoms with Crippen LogP contribution in [0.3, 0.4) is 0 Å². The fourth-order valence-electron chi connectivity index (χ4n) is 4.11. The largest absolute Gasteiger partial charge is 0.425 e. The lowest BCUT2D eigenvalue weighted by Gasteiger charge is -2.24. The standard InChI is InChI=1S/C17H19FN4O2/c1-2-14-20-21-16(24-14)17-6-3-4-11(17)9-22(10-17)15(23)12-5-7-19-8-13(12)18/h5,7-8,11H,2-4,6,9-10H2,1H3/t11-,17-/m0/s1. The molecule has 2 aromatic heterocycles. The number of fused-ring (bicyclic) bond motifs is 1. The molecule has 3 heterocycles. The van der Waals surface area contributed by atoms with Crippen LogP contribution in [0.2, 0.25) is 0 Å². The Hall–Kier alpha value is -2.31. The fraction of sp³-hybridized carbons (Fsp3) is 0.529. The second-order valence-electron chi connectivity index (χ2n) is 6.64. The molecule has 2 aromatic rings. The van der Waals surface area contributed by atoms with Gasteiger partial charge in [-0.25, -0.2) is 4.39 Å². The number of hydrogen-bond acceptors (Lipinski definition) is 5. The lowest BCUT2D eigenvalue weighted by atomic mass is 9.80. The number of carbonyl (C=O) groups is 1. The van der Waals surface area contributed by atoms with E-state index in [1.165, 1.54) is 12.3 Å². The van der Waals surface area contributed by atoms with Crippen molar-refractivity contribution in [2.24, 2.45) is 5.92 Å². The summed E-state index contributed by atoms with van der Waals surface area (Å²) in [6, 6.07) is 1.43. The summed E-state index contributed by atoms with van der Waals surface area (Å²) in [6.07, 6.45) is 6.23. The van der Waals surface area contributed by atoms with E-state index in [2.05, 4.69) is 15.2 Å². The summed E-state index contributed by atoms with van der Waals surface area (Å²) in [6.45, 7) is 3.08. The van der Waals surface area contributed by atoms with Crippen LogP contribution in [0.1, 0.15) is 48.3 Å². The first kappa shape index (κ1) is 15.2. The average molecular weight is 330 g/mol. The van der Waals surface area contributed by atoms with Gasteiger partial charge in [-0.3, -0.25) is 9.78 Å². The van der Waals surface area contributed by atoms with Crippen molar-refractivity contribution in [3.8, 4) is 0 Å². The van der Waals surface area contributed by atoms with Crippen LogP contribution in [0.25, 0.3) is 0 Å². The van der Waals surface area contributed by atoms with Crippen LogP contribution in [0.4, 0.5) is 4.39 Å². The van der Waals surface area contributed by atoms with Gasteiger partial charge in [0.25, 0.3) is 5.91 Å². The van der Waals surface area contributed by atoms with Crippen LogP contribution in [-0.2, 0) is 11.8 Å². The van der Waals surface area contributed by atoms with E-state index in [1.807, 2.05) is 6.92 Å². The highest BCUT2D eigenvalue weighted by molar-refractivity contribution is 5.94. The molecule has 1 aliphatic heterocycles. The molecular formula is C17H19FN4O2. The van der Waals surface area contributed by atoms with Crippen molar-refractivity contribution in [3.63, 3.8) is 0 Å². The number of nitrogens with zero attached hydrogens (tertiary/aromatic N) is 4. The number of likely N-dealkylation sites (tertiary alicyclic amines) is 1. The van der Waals surface area contributed by atoms with Crippen LogP contribution in [0, 0.1) is 11.7 Å². The van der Waals surface area contributed by atoms with E-state index in [4.69, 9.17) is 4.42 Å². The predicted octanol–water partition coefficient (Wildman–Crippen LogP) is 2.36. The Labute approximate surface area is 139 Å². The summed E-state index contributed by atoms with van der Waals surface area (Å²) in [5, 5.41) is 8.34. The number of rotatable bonds is 3. The Bertz CT molecular complexity index is 777. The molecule has 7 heteroatoms. The minimum Gasteiger partial charge on any atom is -0.425 e. The molecule has 0 spiro atoms. The molecular weight excluding hydrogens is 311 g/mol. The zero-order valence-electron chi connectivity index (χ0n) is 13.5. The van der Waals surface area contributed by atoms with E-state index in [0.29, 0.717) is 31.3 Å². The highest BCUT2D eigenvalue weighted by Gasteiger charge is 2.55. The van der Waals surface area contributed by atoms with E-state index >= 15 is 0 Å². The maximum atomic E-state index is 13.9. The summed E-state index contributed by atoms with van der Waals surface area (Å²) in [5.74, 6) is 0.664. The van der Waals surface area contributed by atoms with Gasteiger partial charge in [-0.1, -0.05) is 13.3 Å². The van der Waals surface area contributed by atoms with Crippen LogP contribution >= 0.6 is 0 Å². The molecule has 4 rings (SSSR count). The number of hydrogen-bond donors (Lipinski definition) is 0. The Morgan fingerprint density at radius 2 is 2.38 bits per heavy atom. The normalized spacial score (nSPS) is 25.9. The molecule has 6 nitrogen and oxygen atoms in total. The van der Waals surface area contributed by atoms with Gasteiger partial charge >= 0.3 is 0 Å². The lowest BCUT2D eigenvalue weighted by molar-refractivity contribution is 0.0770. The Morgan fingerprint density at radius 1 is 1.50 bits per heavy atom. The van der Waals surface area contributed by atoms with Crippen molar-refractivity contribution in [2.75, 3.05) is 13.1 Å². The third-order valence-electron chi connectivity index (χ3n) is 5.36. The third kappa shape index (κ3) is 2.22. The van der Waals surface area contributed by atoms with E-state index in [9.17, 15) is 9.18 Å². The summed E-state index contributed by atoms with van der Waals surface area (Å²) in [7, 11) is 0. The van der Waals surface area contributed by atoms with Crippen molar-refractivity contribution in [1.29, 1.82) is 0 Å². The molecule has 24 heavy (non-hydrogen) atoms. The number of aryl methyl sites for hydroxylation is 1. The molecule has 1 amide bonds. The number of pyridine rings is 1. The van der Waals surface area contributed by atoms with Gasteiger partial charge in [-0.15, -0.1) is 10.2 Å². The molecule has 0 unspecified atom stereocenters. The fourth-order valence-corrected chi connectivity index (χ4v) is 4.11. The van der Waals surface area contributed by atoms with Crippen molar-refractivity contribution in [2.45, 2.75) is 38.0 Å². The van der Waals surface area contributed by atoms with Gasteiger partial charge in [-0.05, 0) is 24.8 Å². The number of aromatic nitrogens is 3. The number of amides is 1. The second kappa shape index (κ2) is 5.65. The molecule has 126 valence electrons. The summed E-state index contributed by atoms with van der Waals surface area (Å²) < 4.78 is 19.7. The molecule has 2 fully saturated rings. The highest BCUT2D eigenvalue weighted by atomic mass is 19.1. The van der Waals surface area contributed by atoms with E-state index in [1.54, 1.807) is 4.90 Å². The molecule has 2 aliphatic rings. The van der Waals surface area contributed by atoms with Crippen LogP contribution in [0.15, 0.2) is 22.9 Å². The van der Waals surface area contributed by atoms with Crippen molar-refractivity contribution in [1.82, 2.24) is 20.1 Å². The van der Waals surface area contributed by atoms with Gasteiger partial charge < -0.3 is 9.32 Å². The molecule has 0 aromatic carbocycles. The quantitative estimate of drug-likeness (QED) is 0.864. The summed E-state index contributed by atoms with van der Waals surface area (Å²) >= 11 is 0. The van der Waals surface area contributed by atoms with Gasteiger partial charge in [-0.2, -0.15) is 0 Å². The topological polar surface area (TPSA) is 72.1 Å². The summed E-state index contributed by atoms with van der Waals surface area (Å²) in [5.41, 5.74) is -0.209. The Balaban J connectivity index is 1.64. The van der Waals surface area contributed by atoms with E-state index < -0.39 is 5.82 Å². The molecule has 1 saturated carbocycles. The smallest absolute Gasteiger partial charge is 0.256 e. The van der Waals surface area contributed by atoms with Gasteiger partial charge in [0, 0.05) is 25.7 Å². The Morgan fingerprint density at radius 3 is 3.12 bits per heavy atom. The first-order chi connectivity index (χ1) is 11.6. The number of halogens is 1. The predicted molar refractivity (Wildman–Crippen MR) is 82.8 cm³/mol. The monoisotopic (exact) mass is 330 g/mol. The zero-order valence-corrected chi connectivity index (χ0v) is 13.5. The van der Waals surface area contributed by atoms with E-state index in [0.717, 1.165) is 25.5 Å². The first-order valence-corrected chi connectivity index (χ1v) is 8.35. The van der Waals surface area contributed by atoms with Gasteiger partial charge in [0.15, 0.2) is 5.82 Å². The molecule has 1 saturated heterocycles. The van der Waals surface area contributed by atoms with Crippen LogP contribution in [-0.4, -0.2) is 39.1 Å². The maximum absolute atomic E-state index is 13.9. The van der Waals surface area contributed by atoms with Crippen LogP contribution < -0.4 is 0 Å². The molecule has 0 N–H and O–H groups in total. The Kier molecular flexibility index (Phi) is 3.58. The SMILES string of the molecule is CCc1nnc([C@]23CCC[C@H]2CN(C(=O)c2ccncc2F)C3)o1. The maximum Gasteiger partial charge on any atom is 0.256 e. The number of carbonyl (C=O) groups excluding carboxylic acids is 1. The highest BCUT2D eigenvalue weighted by Crippen LogP contribution is 2.50. The summed E-state index contributed by atoms with van der Waals surface area (Å²) in [4.78, 5) is 18.2. The van der Waals surface area contributed by atoms with Crippen molar-refractivity contribution >= 4 is 5.91 Å². The first-order valence-electron chi connectivity index (χ1n) is 8.35. The van der Waals surface area contributed by atoms with Crippen LogP contribution in [0.5, 0.6) is 0 Å². The minimum absolute atomic E-state index is 0.0694. The third-order valence-corrected chi connectivity index (χ3v) is 5.36. The molecule has 2 atom stereocenters. The lowest BCUT2D eigenvalue weighted by Crippen LogP contribution is -2.35. The molecule has 0 bridgehead atoms. The van der Waals surface area contributed by atoms with Gasteiger partial charge in [0.1, 0.15) is 0 Å². The average Bonchev–Trinajstić information content (AvgIpc) is 3.28. The second-order valence-corrected chi connectivity index (χ2v) is 6.64. The zero-order chi connectivity index (χ0) is 16.7. The van der Waals surface area contributed by atoms with Gasteiger partial charge in [0.05, 0.1) is 17.2 Å². The molecule has 0 radical (unpaired) electrons. The molecule has 1 aliphatic carbocycles. The van der Waals surface area contributed by atoms with Crippen molar-refractivity contribution < 1.29 is 13.6 Å². The van der Waals surface area contributed by atoms with Gasteiger partial charge in [0.2, 0.25) is 11.8 Å². The van der Waals surface area contributed by atoms with Crippen molar-refractivity contribution in [3.05, 3.63) is 41.6 Å². The van der Waals surface area contributed by atoms with E-state index in [-0.39, 0.29) is 22.8 Å². The minimum atomic E-state index is -0.584.